The summed E-state index contributed by atoms with van der Waals surface area (Å²) < 4.78 is 50.8. The molecule has 0 aliphatic heterocycles. The number of anilines is 2. The van der Waals surface area contributed by atoms with Crippen LogP contribution in [0.15, 0.2) is 42.5 Å². The maximum atomic E-state index is 12.9. The van der Waals surface area contributed by atoms with Gasteiger partial charge in [0.25, 0.3) is 0 Å². The number of nitrogens with one attached hydrogen (secondary N) is 2. The summed E-state index contributed by atoms with van der Waals surface area (Å²) in [5.74, 6) is -0.507. The Kier molecular flexibility index (Phi) is 4.87. The van der Waals surface area contributed by atoms with Crippen molar-refractivity contribution < 1.29 is 17.6 Å². The predicted molar refractivity (Wildman–Crippen MR) is 82.7 cm³/mol. The molecule has 0 aliphatic carbocycles. The van der Waals surface area contributed by atoms with Gasteiger partial charge >= 0.3 is 6.18 Å². The lowest BCUT2D eigenvalue weighted by molar-refractivity contribution is -0.137. The van der Waals surface area contributed by atoms with E-state index in [9.17, 15) is 17.6 Å². The van der Waals surface area contributed by atoms with Crippen molar-refractivity contribution in [3.05, 3.63) is 58.9 Å². The van der Waals surface area contributed by atoms with Gasteiger partial charge in [-0.2, -0.15) is 13.2 Å². The number of benzene rings is 2. The van der Waals surface area contributed by atoms with Gasteiger partial charge in [0.05, 0.1) is 16.3 Å². The zero-order valence-electron chi connectivity index (χ0n) is 10.8. The van der Waals surface area contributed by atoms with Gasteiger partial charge in [0.1, 0.15) is 5.82 Å². The molecule has 2 nitrogen and oxygen atoms in total. The van der Waals surface area contributed by atoms with Crippen LogP contribution in [0.25, 0.3) is 0 Å². The van der Waals surface area contributed by atoms with Crippen LogP contribution in [-0.4, -0.2) is 5.11 Å². The topological polar surface area (TPSA) is 24.1 Å². The Morgan fingerprint density at radius 3 is 2.41 bits per heavy atom. The van der Waals surface area contributed by atoms with Crippen molar-refractivity contribution >= 4 is 40.3 Å². The van der Waals surface area contributed by atoms with E-state index >= 15 is 0 Å². The molecule has 0 aliphatic rings. The Labute approximate surface area is 134 Å². The standard InChI is InChI=1S/C14H9ClF4N2S/c15-11-7-9(16)4-5-12(11)21-13(22)20-10-3-1-2-8(6-10)14(17,18)19/h1-7H,(H2,20,21,22). The van der Waals surface area contributed by atoms with Gasteiger partial charge in [0, 0.05) is 5.69 Å². The van der Waals surface area contributed by atoms with E-state index in [4.69, 9.17) is 23.8 Å². The van der Waals surface area contributed by atoms with Crippen molar-refractivity contribution in [2.75, 3.05) is 10.6 Å². The Balaban J connectivity index is 2.09. The van der Waals surface area contributed by atoms with Crippen LogP contribution in [0.5, 0.6) is 0 Å². The molecule has 2 aromatic carbocycles. The Bertz CT molecular complexity index is 703. The quantitative estimate of drug-likeness (QED) is 0.568. The minimum absolute atomic E-state index is 0.0350. The second-order valence-corrected chi connectivity index (χ2v) is 5.10. The first-order valence-electron chi connectivity index (χ1n) is 5.96. The summed E-state index contributed by atoms with van der Waals surface area (Å²) in [6.07, 6.45) is -4.44. The first-order chi connectivity index (χ1) is 10.3. The van der Waals surface area contributed by atoms with Crippen molar-refractivity contribution in [3.63, 3.8) is 0 Å². The van der Waals surface area contributed by atoms with Gasteiger partial charge in [0.15, 0.2) is 5.11 Å². The normalized spacial score (nSPS) is 11.1. The van der Waals surface area contributed by atoms with Crippen molar-refractivity contribution in [2.45, 2.75) is 6.18 Å². The number of thiocarbonyl (C=S) groups is 1. The summed E-state index contributed by atoms with van der Waals surface area (Å²) in [4.78, 5) is 0. The highest BCUT2D eigenvalue weighted by Gasteiger charge is 2.30. The van der Waals surface area contributed by atoms with E-state index in [0.29, 0.717) is 5.69 Å². The van der Waals surface area contributed by atoms with E-state index in [2.05, 4.69) is 10.6 Å². The molecule has 0 atom stereocenters. The van der Waals surface area contributed by atoms with Crippen LogP contribution in [0.1, 0.15) is 5.56 Å². The minimum Gasteiger partial charge on any atom is -0.332 e. The lowest BCUT2D eigenvalue weighted by atomic mass is 10.2. The molecule has 0 bridgehead atoms. The van der Waals surface area contributed by atoms with E-state index < -0.39 is 17.6 Å². The number of hydrogen-bond donors (Lipinski definition) is 2. The molecular weight excluding hydrogens is 340 g/mol. The summed E-state index contributed by atoms with van der Waals surface area (Å²) in [5, 5.41) is 5.44. The molecule has 22 heavy (non-hydrogen) atoms. The molecule has 2 N–H and O–H groups in total. The van der Waals surface area contributed by atoms with Crippen LogP contribution in [0.3, 0.4) is 0 Å². The van der Waals surface area contributed by atoms with Gasteiger partial charge < -0.3 is 10.6 Å². The molecule has 8 heteroatoms. The Morgan fingerprint density at radius 2 is 1.77 bits per heavy atom. The second-order valence-electron chi connectivity index (χ2n) is 4.28. The summed E-state index contributed by atoms with van der Waals surface area (Å²) in [7, 11) is 0. The molecule has 0 amide bonds. The third-order valence-electron chi connectivity index (χ3n) is 2.63. The number of halogens is 5. The molecule has 2 aromatic rings. The molecule has 0 saturated carbocycles. The number of alkyl halides is 3. The van der Waals surface area contributed by atoms with Crippen molar-refractivity contribution in [1.29, 1.82) is 0 Å². The van der Waals surface area contributed by atoms with Gasteiger partial charge in [-0.15, -0.1) is 0 Å². The SMILES string of the molecule is Fc1ccc(NC(=S)Nc2cccc(C(F)(F)F)c2)c(Cl)c1. The van der Waals surface area contributed by atoms with E-state index in [1.807, 2.05) is 0 Å². The van der Waals surface area contributed by atoms with Crippen molar-refractivity contribution in [1.82, 2.24) is 0 Å². The molecular formula is C14H9ClF4N2S. The van der Waals surface area contributed by atoms with Crippen LogP contribution in [0.2, 0.25) is 5.02 Å². The van der Waals surface area contributed by atoms with Crippen molar-refractivity contribution in [2.24, 2.45) is 0 Å². The largest absolute Gasteiger partial charge is 0.416 e. The molecule has 0 heterocycles. The lowest BCUT2D eigenvalue weighted by Gasteiger charge is -2.13. The highest BCUT2D eigenvalue weighted by Crippen LogP contribution is 2.30. The third kappa shape index (κ3) is 4.32. The molecule has 0 unspecified atom stereocenters. The van der Waals surface area contributed by atoms with Gasteiger partial charge in [-0.3, -0.25) is 0 Å². The van der Waals surface area contributed by atoms with Crippen LogP contribution in [0.4, 0.5) is 28.9 Å². The Morgan fingerprint density at radius 1 is 1.05 bits per heavy atom. The van der Waals surface area contributed by atoms with E-state index in [0.717, 1.165) is 18.2 Å². The highest BCUT2D eigenvalue weighted by molar-refractivity contribution is 7.80. The molecule has 0 aromatic heterocycles. The van der Waals surface area contributed by atoms with Crippen molar-refractivity contribution in [3.8, 4) is 0 Å². The maximum Gasteiger partial charge on any atom is 0.416 e. The molecule has 0 radical (unpaired) electrons. The van der Waals surface area contributed by atoms with Gasteiger partial charge in [0.2, 0.25) is 0 Å². The van der Waals surface area contributed by atoms with E-state index in [1.165, 1.54) is 24.3 Å². The fourth-order valence-corrected chi connectivity index (χ4v) is 2.09. The van der Waals surface area contributed by atoms with Gasteiger partial charge in [-0.05, 0) is 48.6 Å². The second kappa shape index (κ2) is 6.50. The molecule has 0 fully saturated rings. The monoisotopic (exact) mass is 348 g/mol. The lowest BCUT2D eigenvalue weighted by Crippen LogP contribution is -2.19. The zero-order valence-corrected chi connectivity index (χ0v) is 12.4. The van der Waals surface area contributed by atoms with E-state index in [-0.39, 0.29) is 15.8 Å². The summed E-state index contributed by atoms with van der Waals surface area (Å²) >= 11 is 10.8. The highest BCUT2D eigenvalue weighted by atomic mass is 35.5. The summed E-state index contributed by atoms with van der Waals surface area (Å²) in [6.45, 7) is 0. The van der Waals surface area contributed by atoms with Crippen LogP contribution in [-0.2, 0) is 6.18 Å². The first-order valence-corrected chi connectivity index (χ1v) is 6.74. The predicted octanol–water partition coefficient (Wildman–Crippen LogP) is 5.31. The number of rotatable bonds is 2. The van der Waals surface area contributed by atoms with Gasteiger partial charge in [-0.1, -0.05) is 17.7 Å². The average molecular weight is 349 g/mol. The Hall–Kier alpha value is -1.86. The van der Waals surface area contributed by atoms with Crippen LogP contribution in [0, 0.1) is 5.82 Å². The molecule has 0 spiro atoms. The zero-order chi connectivity index (χ0) is 16.3. The fraction of sp³-hybridized carbons (Fsp3) is 0.0714. The molecule has 2 rings (SSSR count). The minimum atomic E-state index is -4.44. The van der Waals surface area contributed by atoms with Crippen LogP contribution < -0.4 is 10.6 Å². The summed E-state index contributed by atoms with van der Waals surface area (Å²) in [5.41, 5.74) is -0.279. The molecule has 0 saturated heterocycles. The number of hydrogen-bond acceptors (Lipinski definition) is 1. The first kappa shape index (κ1) is 16.5. The van der Waals surface area contributed by atoms with E-state index in [1.54, 1.807) is 0 Å². The smallest absolute Gasteiger partial charge is 0.332 e. The summed E-state index contributed by atoms with van der Waals surface area (Å²) in [6, 6.07) is 8.24. The average Bonchev–Trinajstić information content (AvgIpc) is 2.41. The fourth-order valence-electron chi connectivity index (χ4n) is 1.65. The third-order valence-corrected chi connectivity index (χ3v) is 3.14. The molecule has 116 valence electrons. The maximum absolute atomic E-state index is 12.9. The van der Waals surface area contributed by atoms with Crippen LogP contribution >= 0.6 is 23.8 Å². The van der Waals surface area contributed by atoms with Gasteiger partial charge in [-0.25, -0.2) is 4.39 Å².